The highest BCUT2D eigenvalue weighted by Gasteiger charge is 2.70. The Balaban J connectivity index is 1.50. The zero-order chi connectivity index (χ0) is 20.7. The van der Waals surface area contributed by atoms with Gasteiger partial charge in [0.2, 0.25) is 0 Å². The lowest BCUT2D eigenvalue weighted by Gasteiger charge is -2.60. The zero-order valence-corrected chi connectivity index (χ0v) is 18.2. The molecule has 5 rings (SSSR count). The van der Waals surface area contributed by atoms with Gasteiger partial charge in [0.1, 0.15) is 12.2 Å². The quantitative estimate of drug-likeness (QED) is 0.658. The van der Waals surface area contributed by atoms with Gasteiger partial charge in [-0.25, -0.2) is 0 Å². The largest absolute Gasteiger partial charge is 0.331 e. The first-order chi connectivity index (χ1) is 13.7. The third-order valence-electron chi connectivity index (χ3n) is 9.73. The summed E-state index contributed by atoms with van der Waals surface area (Å²) in [5.74, 6) is 0.906. The van der Waals surface area contributed by atoms with Crippen LogP contribution in [0.2, 0.25) is 0 Å². The van der Waals surface area contributed by atoms with Gasteiger partial charge in [-0.15, -0.1) is 0 Å². The van der Waals surface area contributed by atoms with Gasteiger partial charge in [-0.3, -0.25) is 9.59 Å². The standard InChI is InChI=1S/C24H34O5/c1-21-10-7-16(25)13-15(21)5-6-17-18(21)8-11-22(2)19(17)9-12-24(22)20(26)14-28-23(3,27-4)29-24/h13,17-19H,5-12,14H2,1-4H3/t17-,18+,19+,21-,22+,23+,24+/m0/s1. The maximum absolute atomic E-state index is 13.2. The SMILES string of the molecule is CO[C@]1(C)OCC(=O)[C@@]2(CC[C@@H]3[C@H]4CCC5=CC(=O)CC[C@]5(C)[C@@H]4CC[C@]32C)O1. The van der Waals surface area contributed by atoms with E-state index in [0.717, 1.165) is 44.9 Å². The van der Waals surface area contributed by atoms with E-state index in [4.69, 9.17) is 14.2 Å². The highest BCUT2D eigenvalue weighted by molar-refractivity contribution is 5.92. The number of Topliss-reactive ketones (excluding diaryl/α,β-unsaturated/α-hetero) is 1. The molecule has 0 aromatic carbocycles. The molecule has 0 aromatic rings. The van der Waals surface area contributed by atoms with Gasteiger partial charge < -0.3 is 14.2 Å². The first kappa shape index (κ1) is 19.9. The fourth-order valence-corrected chi connectivity index (χ4v) is 8.00. The van der Waals surface area contributed by atoms with Gasteiger partial charge in [-0.2, -0.15) is 0 Å². The van der Waals surface area contributed by atoms with E-state index in [1.165, 1.54) is 5.57 Å². The van der Waals surface area contributed by atoms with Crippen LogP contribution in [0.4, 0.5) is 0 Å². The maximum Gasteiger partial charge on any atom is 0.281 e. The lowest BCUT2D eigenvalue weighted by Crippen LogP contribution is -2.65. The van der Waals surface area contributed by atoms with Crippen LogP contribution in [0.25, 0.3) is 0 Å². The Morgan fingerprint density at radius 3 is 2.52 bits per heavy atom. The van der Waals surface area contributed by atoms with E-state index in [2.05, 4.69) is 13.8 Å². The van der Waals surface area contributed by atoms with Gasteiger partial charge in [-0.05, 0) is 74.2 Å². The molecule has 1 spiro atoms. The minimum atomic E-state index is -1.15. The van der Waals surface area contributed by atoms with Crippen LogP contribution in [0, 0.1) is 28.6 Å². The van der Waals surface area contributed by atoms with Gasteiger partial charge in [0, 0.05) is 25.9 Å². The smallest absolute Gasteiger partial charge is 0.281 e. The van der Waals surface area contributed by atoms with Crippen LogP contribution >= 0.6 is 0 Å². The molecule has 0 aromatic heterocycles. The van der Waals surface area contributed by atoms with Crippen LogP contribution in [0.3, 0.4) is 0 Å². The lowest BCUT2D eigenvalue weighted by atomic mass is 9.46. The number of ketones is 2. The second-order valence-electron chi connectivity index (χ2n) is 10.7. The van der Waals surface area contributed by atoms with Crippen LogP contribution in [-0.2, 0) is 23.8 Å². The van der Waals surface area contributed by atoms with Crippen molar-refractivity contribution in [1.29, 1.82) is 0 Å². The summed E-state index contributed by atoms with van der Waals surface area (Å²) in [7, 11) is 1.58. The second-order valence-corrected chi connectivity index (χ2v) is 10.7. The van der Waals surface area contributed by atoms with E-state index >= 15 is 0 Å². The molecule has 0 amide bonds. The molecule has 0 N–H and O–H groups in total. The molecule has 0 bridgehead atoms. The average Bonchev–Trinajstić information content (AvgIpc) is 2.99. The highest BCUT2D eigenvalue weighted by atomic mass is 16.9. The number of carbonyl (C=O) groups is 2. The fraction of sp³-hybridized carbons (Fsp3) is 0.833. The molecule has 29 heavy (non-hydrogen) atoms. The molecule has 160 valence electrons. The number of hydrogen-bond acceptors (Lipinski definition) is 5. The van der Waals surface area contributed by atoms with Crippen molar-refractivity contribution in [2.24, 2.45) is 28.6 Å². The summed E-state index contributed by atoms with van der Waals surface area (Å²) in [4.78, 5) is 25.2. The molecule has 5 nitrogen and oxygen atoms in total. The van der Waals surface area contributed by atoms with Gasteiger partial charge in [-0.1, -0.05) is 19.4 Å². The van der Waals surface area contributed by atoms with Crippen molar-refractivity contribution >= 4 is 11.6 Å². The number of carbonyl (C=O) groups excluding carboxylic acids is 2. The van der Waals surface area contributed by atoms with Crippen LogP contribution in [0.1, 0.15) is 72.1 Å². The summed E-state index contributed by atoms with van der Waals surface area (Å²) in [5.41, 5.74) is 0.550. The van der Waals surface area contributed by atoms with Crippen LogP contribution in [-0.4, -0.2) is 36.9 Å². The minimum absolute atomic E-state index is 0.0630. The molecular weight excluding hydrogens is 368 g/mol. The Morgan fingerprint density at radius 1 is 1.00 bits per heavy atom. The van der Waals surface area contributed by atoms with Crippen molar-refractivity contribution in [2.45, 2.75) is 83.7 Å². The van der Waals surface area contributed by atoms with E-state index in [1.54, 1.807) is 14.0 Å². The predicted octanol–water partition coefficient (Wildman–Crippen LogP) is 4.19. The summed E-state index contributed by atoms with van der Waals surface area (Å²) in [5, 5.41) is 0. The number of allylic oxidation sites excluding steroid dienone is 1. The maximum atomic E-state index is 13.2. The van der Waals surface area contributed by atoms with Crippen LogP contribution in [0.15, 0.2) is 11.6 Å². The highest BCUT2D eigenvalue weighted by Crippen LogP contribution is 2.69. The van der Waals surface area contributed by atoms with Gasteiger partial charge in [0.25, 0.3) is 5.97 Å². The summed E-state index contributed by atoms with van der Waals surface area (Å²) >= 11 is 0. The summed E-state index contributed by atoms with van der Waals surface area (Å²) < 4.78 is 17.5. The number of rotatable bonds is 1. The summed E-state index contributed by atoms with van der Waals surface area (Å²) in [6.07, 6.45) is 9.65. The van der Waals surface area contributed by atoms with Crippen molar-refractivity contribution in [3.05, 3.63) is 11.6 Å². The molecule has 0 unspecified atom stereocenters. The van der Waals surface area contributed by atoms with E-state index < -0.39 is 11.6 Å². The van der Waals surface area contributed by atoms with Crippen LogP contribution < -0.4 is 0 Å². The van der Waals surface area contributed by atoms with E-state index in [-0.39, 0.29) is 23.2 Å². The molecule has 1 saturated heterocycles. The number of ether oxygens (including phenoxy) is 3. The Hall–Kier alpha value is -1.04. The minimum Gasteiger partial charge on any atom is -0.331 e. The molecule has 4 fully saturated rings. The van der Waals surface area contributed by atoms with Crippen molar-refractivity contribution in [3.8, 4) is 0 Å². The van der Waals surface area contributed by atoms with Gasteiger partial charge in [0.15, 0.2) is 11.6 Å². The molecule has 1 heterocycles. The molecule has 5 aliphatic rings. The molecule has 1 aliphatic heterocycles. The molecule has 3 saturated carbocycles. The third kappa shape index (κ3) is 2.50. The molecular formula is C24H34O5. The molecule has 5 heteroatoms. The number of methoxy groups -OCH3 is 1. The Labute approximate surface area is 173 Å². The van der Waals surface area contributed by atoms with E-state index in [1.807, 2.05) is 6.08 Å². The van der Waals surface area contributed by atoms with Crippen molar-refractivity contribution in [2.75, 3.05) is 13.7 Å². The topological polar surface area (TPSA) is 61.8 Å². The fourth-order valence-electron chi connectivity index (χ4n) is 8.00. The van der Waals surface area contributed by atoms with Crippen molar-refractivity contribution in [3.63, 3.8) is 0 Å². The predicted molar refractivity (Wildman–Crippen MR) is 107 cm³/mol. The molecule has 7 atom stereocenters. The normalized spacial score (nSPS) is 52.0. The summed E-state index contributed by atoms with van der Waals surface area (Å²) in [6.45, 7) is 6.53. The van der Waals surface area contributed by atoms with Crippen molar-refractivity contribution < 1.29 is 23.8 Å². The number of fused-ring (bicyclic) bond motifs is 6. The van der Waals surface area contributed by atoms with E-state index in [0.29, 0.717) is 30.0 Å². The van der Waals surface area contributed by atoms with Crippen LogP contribution in [0.5, 0.6) is 0 Å². The first-order valence-corrected chi connectivity index (χ1v) is 11.3. The average molecular weight is 403 g/mol. The summed E-state index contributed by atoms with van der Waals surface area (Å²) in [6, 6.07) is 0. The monoisotopic (exact) mass is 402 g/mol. The zero-order valence-electron chi connectivity index (χ0n) is 18.2. The molecule has 4 aliphatic carbocycles. The van der Waals surface area contributed by atoms with Gasteiger partial charge in [0.05, 0.1) is 0 Å². The van der Waals surface area contributed by atoms with E-state index in [9.17, 15) is 9.59 Å². The molecule has 0 radical (unpaired) electrons. The number of hydrogen-bond donors (Lipinski definition) is 0. The third-order valence-corrected chi connectivity index (χ3v) is 9.73. The van der Waals surface area contributed by atoms with Gasteiger partial charge >= 0.3 is 0 Å². The Bertz CT molecular complexity index is 788. The van der Waals surface area contributed by atoms with Crippen molar-refractivity contribution in [1.82, 2.24) is 0 Å². The Morgan fingerprint density at radius 2 is 1.76 bits per heavy atom. The Kier molecular flexibility index (Phi) is 4.28. The lowest BCUT2D eigenvalue weighted by molar-refractivity contribution is -0.414. The first-order valence-electron chi connectivity index (χ1n) is 11.3. The second kappa shape index (κ2) is 6.24.